The first-order chi connectivity index (χ1) is 11.1. The molecule has 1 aromatic heterocycles. The second kappa shape index (κ2) is 6.78. The fourth-order valence-electron chi connectivity index (χ4n) is 2.75. The number of carbonyl (C=O) groups is 1. The highest BCUT2D eigenvalue weighted by Crippen LogP contribution is 2.33. The van der Waals surface area contributed by atoms with E-state index in [0.717, 1.165) is 12.8 Å². The molecule has 3 rings (SSSR count). The molecule has 0 N–H and O–H groups in total. The van der Waals surface area contributed by atoms with Crippen LogP contribution in [0.25, 0.3) is 0 Å². The molecule has 1 fully saturated rings. The van der Waals surface area contributed by atoms with E-state index in [2.05, 4.69) is 26.1 Å². The van der Waals surface area contributed by atoms with Crippen LogP contribution in [0.4, 0.5) is 4.39 Å². The third-order valence-electron chi connectivity index (χ3n) is 3.93. The van der Waals surface area contributed by atoms with Crippen molar-refractivity contribution in [1.82, 2.24) is 15.0 Å². The molecule has 122 valence electrons. The molecule has 1 atom stereocenters. The zero-order chi connectivity index (χ0) is 16.4. The molecule has 1 unspecified atom stereocenters. The monoisotopic (exact) mass is 381 g/mol. The van der Waals surface area contributed by atoms with Gasteiger partial charge in [-0.15, -0.1) is 0 Å². The Labute approximate surface area is 142 Å². The Morgan fingerprint density at radius 1 is 1.48 bits per heavy atom. The van der Waals surface area contributed by atoms with E-state index >= 15 is 0 Å². The van der Waals surface area contributed by atoms with E-state index < -0.39 is 0 Å². The normalized spacial score (nSPS) is 18.0. The van der Waals surface area contributed by atoms with Gasteiger partial charge in [-0.2, -0.15) is 4.98 Å². The largest absolute Gasteiger partial charge is 0.337 e. The van der Waals surface area contributed by atoms with Gasteiger partial charge in [-0.1, -0.05) is 34.1 Å². The fourth-order valence-corrected chi connectivity index (χ4v) is 3.08. The summed E-state index contributed by atoms with van der Waals surface area (Å²) in [6, 6.07) is 4.57. The Morgan fingerprint density at radius 2 is 2.30 bits per heavy atom. The zero-order valence-corrected chi connectivity index (χ0v) is 14.3. The SMILES string of the molecule is CCCc1noc(C2CCC(=O)N2Cc2ccc(Br)cc2F)n1. The smallest absolute Gasteiger partial charge is 0.249 e. The van der Waals surface area contributed by atoms with Gasteiger partial charge < -0.3 is 9.42 Å². The highest BCUT2D eigenvalue weighted by atomic mass is 79.9. The maximum absolute atomic E-state index is 14.0. The van der Waals surface area contributed by atoms with Crippen molar-refractivity contribution in [2.24, 2.45) is 0 Å². The third kappa shape index (κ3) is 3.44. The minimum absolute atomic E-state index is 0.0208. The summed E-state index contributed by atoms with van der Waals surface area (Å²) in [6.07, 6.45) is 2.70. The van der Waals surface area contributed by atoms with Crippen molar-refractivity contribution in [3.63, 3.8) is 0 Å². The van der Waals surface area contributed by atoms with Crippen molar-refractivity contribution in [3.05, 3.63) is 45.8 Å². The summed E-state index contributed by atoms with van der Waals surface area (Å²) in [5.74, 6) is 0.732. The molecule has 1 aliphatic rings. The summed E-state index contributed by atoms with van der Waals surface area (Å²) >= 11 is 3.23. The number of rotatable bonds is 5. The maximum atomic E-state index is 14.0. The molecule has 0 saturated carbocycles. The van der Waals surface area contributed by atoms with E-state index in [4.69, 9.17) is 4.52 Å². The van der Waals surface area contributed by atoms with E-state index in [-0.39, 0.29) is 24.3 Å². The van der Waals surface area contributed by atoms with Gasteiger partial charge in [-0.25, -0.2) is 4.39 Å². The van der Waals surface area contributed by atoms with Crippen molar-refractivity contribution in [2.75, 3.05) is 0 Å². The van der Waals surface area contributed by atoms with Crippen molar-refractivity contribution in [3.8, 4) is 0 Å². The van der Waals surface area contributed by atoms with E-state index in [1.165, 1.54) is 6.07 Å². The first-order valence-electron chi connectivity index (χ1n) is 7.64. The van der Waals surface area contributed by atoms with Crippen molar-refractivity contribution >= 4 is 21.8 Å². The molecule has 0 aliphatic carbocycles. The van der Waals surface area contributed by atoms with Gasteiger partial charge in [0, 0.05) is 29.4 Å². The van der Waals surface area contributed by atoms with Crippen molar-refractivity contribution in [2.45, 2.75) is 45.2 Å². The number of amides is 1. The van der Waals surface area contributed by atoms with Gasteiger partial charge in [0.05, 0.1) is 0 Å². The van der Waals surface area contributed by atoms with Gasteiger partial charge >= 0.3 is 0 Å². The number of aromatic nitrogens is 2. The lowest BCUT2D eigenvalue weighted by Gasteiger charge is -2.22. The fraction of sp³-hybridized carbons (Fsp3) is 0.438. The molecule has 1 amide bonds. The molecule has 1 saturated heterocycles. The van der Waals surface area contributed by atoms with Crippen LogP contribution >= 0.6 is 15.9 Å². The average Bonchev–Trinajstić information content (AvgIpc) is 3.10. The van der Waals surface area contributed by atoms with Crippen molar-refractivity contribution in [1.29, 1.82) is 0 Å². The van der Waals surface area contributed by atoms with Gasteiger partial charge in [-0.3, -0.25) is 4.79 Å². The molecule has 1 aromatic carbocycles. The zero-order valence-electron chi connectivity index (χ0n) is 12.8. The Hall–Kier alpha value is -1.76. The molecule has 7 heteroatoms. The van der Waals surface area contributed by atoms with Crippen LogP contribution in [-0.4, -0.2) is 20.9 Å². The van der Waals surface area contributed by atoms with Crippen molar-refractivity contribution < 1.29 is 13.7 Å². The second-order valence-corrected chi connectivity index (χ2v) is 6.53. The number of likely N-dealkylation sites (tertiary alicyclic amines) is 1. The number of nitrogens with zero attached hydrogens (tertiary/aromatic N) is 3. The lowest BCUT2D eigenvalue weighted by Crippen LogP contribution is -2.27. The summed E-state index contributed by atoms with van der Waals surface area (Å²) in [5, 5.41) is 3.94. The van der Waals surface area contributed by atoms with Gasteiger partial charge in [0.15, 0.2) is 5.82 Å². The molecular formula is C16H17BrFN3O2. The molecule has 23 heavy (non-hydrogen) atoms. The second-order valence-electron chi connectivity index (χ2n) is 5.61. The minimum atomic E-state index is -0.338. The standard InChI is InChI=1S/C16H17BrFN3O2/c1-2-3-14-19-16(23-20-14)13-6-7-15(22)21(13)9-10-4-5-11(17)8-12(10)18/h4-5,8,13H,2-3,6-7,9H2,1H3. The number of halogens is 2. The van der Waals surface area contributed by atoms with Gasteiger partial charge in [0.2, 0.25) is 11.8 Å². The number of hydrogen-bond donors (Lipinski definition) is 0. The highest BCUT2D eigenvalue weighted by molar-refractivity contribution is 9.10. The lowest BCUT2D eigenvalue weighted by atomic mass is 10.1. The van der Waals surface area contributed by atoms with Gasteiger partial charge in [0.25, 0.3) is 0 Å². The van der Waals surface area contributed by atoms with Crippen LogP contribution < -0.4 is 0 Å². The Kier molecular flexibility index (Phi) is 4.75. The predicted molar refractivity (Wildman–Crippen MR) is 84.9 cm³/mol. The molecule has 0 spiro atoms. The molecule has 1 aliphatic heterocycles. The summed E-state index contributed by atoms with van der Waals surface area (Å²) in [7, 11) is 0. The average molecular weight is 382 g/mol. The molecule has 2 heterocycles. The number of benzene rings is 1. The molecule has 2 aromatic rings. The van der Waals surface area contributed by atoms with Crippen LogP contribution in [0.1, 0.15) is 49.5 Å². The Balaban J connectivity index is 1.81. The van der Waals surface area contributed by atoms with Gasteiger partial charge in [0.1, 0.15) is 11.9 Å². The topological polar surface area (TPSA) is 59.2 Å². The first kappa shape index (κ1) is 16.1. The summed E-state index contributed by atoms with van der Waals surface area (Å²) in [4.78, 5) is 18.2. The first-order valence-corrected chi connectivity index (χ1v) is 8.43. The summed E-state index contributed by atoms with van der Waals surface area (Å²) in [6.45, 7) is 2.24. The van der Waals surface area contributed by atoms with E-state index in [9.17, 15) is 9.18 Å². The molecule has 5 nitrogen and oxygen atoms in total. The number of hydrogen-bond acceptors (Lipinski definition) is 4. The van der Waals surface area contributed by atoms with E-state index in [1.54, 1.807) is 17.0 Å². The van der Waals surface area contributed by atoms with E-state index in [0.29, 0.717) is 34.6 Å². The quantitative estimate of drug-likeness (QED) is 0.790. The van der Waals surface area contributed by atoms with Crippen LogP contribution in [0.5, 0.6) is 0 Å². The number of aryl methyl sites for hydroxylation is 1. The van der Waals surface area contributed by atoms with Crippen LogP contribution in [0.15, 0.2) is 27.2 Å². The minimum Gasteiger partial charge on any atom is -0.337 e. The summed E-state index contributed by atoms with van der Waals surface area (Å²) < 4.78 is 20.0. The van der Waals surface area contributed by atoms with E-state index in [1.807, 2.05) is 6.92 Å². The van der Waals surface area contributed by atoms with Crippen LogP contribution in [0.2, 0.25) is 0 Å². The number of carbonyl (C=O) groups excluding carboxylic acids is 1. The van der Waals surface area contributed by atoms with Crippen LogP contribution in [0.3, 0.4) is 0 Å². The predicted octanol–water partition coefficient (Wildman–Crippen LogP) is 3.79. The van der Waals surface area contributed by atoms with Crippen LogP contribution in [-0.2, 0) is 17.8 Å². The Bertz CT molecular complexity index is 719. The Morgan fingerprint density at radius 3 is 3.04 bits per heavy atom. The third-order valence-corrected chi connectivity index (χ3v) is 4.42. The summed E-state index contributed by atoms with van der Waals surface area (Å²) in [5.41, 5.74) is 0.474. The maximum Gasteiger partial charge on any atom is 0.249 e. The molecule has 0 radical (unpaired) electrons. The lowest BCUT2D eigenvalue weighted by molar-refractivity contribution is -0.130. The molecular weight excluding hydrogens is 365 g/mol. The highest BCUT2D eigenvalue weighted by Gasteiger charge is 2.36. The van der Waals surface area contributed by atoms with Crippen LogP contribution in [0, 0.1) is 5.82 Å². The molecule has 0 bridgehead atoms. The van der Waals surface area contributed by atoms with Gasteiger partial charge in [-0.05, 0) is 25.0 Å².